The summed E-state index contributed by atoms with van der Waals surface area (Å²) in [6, 6.07) is 14.9. The van der Waals surface area contributed by atoms with Gasteiger partial charge in [-0.3, -0.25) is 0 Å². The molecule has 0 aromatic heterocycles. The van der Waals surface area contributed by atoms with Gasteiger partial charge < -0.3 is 11.1 Å². The summed E-state index contributed by atoms with van der Waals surface area (Å²) in [7, 11) is -3.37. The van der Waals surface area contributed by atoms with Crippen molar-refractivity contribution in [3.05, 3.63) is 59.7 Å². The molecule has 0 spiro atoms. The minimum atomic E-state index is -3.37. The first-order valence-corrected chi connectivity index (χ1v) is 10.7. The molecule has 1 aliphatic heterocycles. The van der Waals surface area contributed by atoms with Crippen LogP contribution < -0.4 is 11.1 Å². The topological polar surface area (TPSA) is 87.8 Å². The van der Waals surface area contributed by atoms with Crippen molar-refractivity contribution in [3.63, 3.8) is 0 Å². The highest BCUT2D eigenvalue weighted by atomic mass is 32.2. The Morgan fingerprint density at radius 1 is 1.11 bits per heavy atom. The highest BCUT2D eigenvalue weighted by molar-refractivity contribution is 7.89. The van der Waals surface area contributed by atoms with Gasteiger partial charge in [0.05, 0.1) is 11.4 Å². The average Bonchev–Trinajstić information content (AvgIpc) is 3.22. The number of sulfonamides is 1. The number of hydrogen-bond donors (Lipinski definition) is 2. The van der Waals surface area contributed by atoms with E-state index >= 15 is 0 Å². The highest BCUT2D eigenvalue weighted by Crippen LogP contribution is 2.21. The second-order valence-corrected chi connectivity index (χ2v) is 8.57. The van der Waals surface area contributed by atoms with E-state index in [2.05, 4.69) is 23.3 Å². The third-order valence-electron chi connectivity index (χ3n) is 4.67. The normalized spacial score (nSPS) is 15.8. The van der Waals surface area contributed by atoms with Crippen LogP contribution in [0.25, 0.3) is 0 Å². The number of nitrogens with zero attached hydrogens (tertiary/aromatic N) is 2. The number of hydrogen-bond acceptors (Lipinski definition) is 3. The Balaban J connectivity index is 1.63. The highest BCUT2D eigenvalue weighted by Gasteiger charge is 2.26. The third kappa shape index (κ3) is 4.87. The molecule has 2 aromatic carbocycles. The largest absolute Gasteiger partial charge is 0.370 e. The molecule has 6 nitrogen and oxygen atoms in total. The van der Waals surface area contributed by atoms with Gasteiger partial charge in [-0.15, -0.1) is 0 Å². The van der Waals surface area contributed by atoms with E-state index in [-0.39, 0.29) is 0 Å². The quantitative estimate of drug-likeness (QED) is 0.590. The van der Waals surface area contributed by atoms with Crippen LogP contribution in [-0.2, 0) is 23.0 Å². The van der Waals surface area contributed by atoms with Gasteiger partial charge in [-0.1, -0.05) is 31.2 Å². The fraction of sp³-hybridized carbons (Fsp3) is 0.350. The summed E-state index contributed by atoms with van der Waals surface area (Å²) < 4.78 is 26.6. The molecule has 0 unspecified atom stereocenters. The zero-order valence-corrected chi connectivity index (χ0v) is 16.4. The van der Waals surface area contributed by atoms with Gasteiger partial charge in [-0.05, 0) is 54.7 Å². The van der Waals surface area contributed by atoms with Gasteiger partial charge in [0.25, 0.3) is 0 Å². The number of nitrogens with two attached hydrogens (primary N) is 1. The lowest BCUT2D eigenvalue weighted by atomic mass is 10.1. The molecule has 1 aliphatic rings. The molecule has 1 heterocycles. The van der Waals surface area contributed by atoms with Crippen LogP contribution in [0.4, 0.5) is 5.69 Å². The van der Waals surface area contributed by atoms with E-state index in [0.29, 0.717) is 30.5 Å². The van der Waals surface area contributed by atoms with E-state index in [9.17, 15) is 8.42 Å². The standard InChI is InChI=1S/C20H26N4O2S/c1-2-16-6-5-7-18(14-16)23-20(21)22-15-17-8-10-19(11-9-17)27(25,26)24-12-3-4-13-24/h5-11,14H,2-4,12-13,15H2,1H3,(H3,21,22,23). The lowest BCUT2D eigenvalue weighted by Crippen LogP contribution is -2.27. The summed E-state index contributed by atoms with van der Waals surface area (Å²) in [5, 5.41) is 3.08. The summed E-state index contributed by atoms with van der Waals surface area (Å²) >= 11 is 0. The second kappa shape index (κ2) is 8.54. The van der Waals surface area contributed by atoms with E-state index < -0.39 is 10.0 Å². The van der Waals surface area contributed by atoms with Crippen LogP contribution in [0.3, 0.4) is 0 Å². The van der Waals surface area contributed by atoms with Crippen LogP contribution in [0.2, 0.25) is 0 Å². The van der Waals surface area contributed by atoms with E-state index in [0.717, 1.165) is 30.5 Å². The molecule has 0 radical (unpaired) electrons. The van der Waals surface area contributed by atoms with Gasteiger partial charge in [-0.2, -0.15) is 4.31 Å². The Labute approximate surface area is 161 Å². The van der Waals surface area contributed by atoms with Crippen LogP contribution in [0.5, 0.6) is 0 Å². The third-order valence-corrected chi connectivity index (χ3v) is 6.58. The van der Waals surface area contributed by atoms with Crippen molar-refractivity contribution in [2.45, 2.75) is 37.6 Å². The maximum Gasteiger partial charge on any atom is 0.243 e. The van der Waals surface area contributed by atoms with Gasteiger partial charge >= 0.3 is 0 Å². The van der Waals surface area contributed by atoms with E-state index in [1.54, 1.807) is 28.6 Å². The summed E-state index contributed by atoms with van der Waals surface area (Å²) in [4.78, 5) is 4.67. The zero-order chi connectivity index (χ0) is 19.3. The maximum absolute atomic E-state index is 12.5. The number of guanidine groups is 1. The number of aliphatic imine (C=N–C) groups is 1. The van der Waals surface area contributed by atoms with Crippen LogP contribution >= 0.6 is 0 Å². The molecular formula is C20H26N4O2S. The van der Waals surface area contributed by atoms with Crippen LogP contribution in [0.1, 0.15) is 30.9 Å². The molecule has 3 N–H and O–H groups in total. The van der Waals surface area contributed by atoms with Gasteiger partial charge in [0.2, 0.25) is 10.0 Å². The summed E-state index contributed by atoms with van der Waals surface area (Å²) in [5.74, 6) is 0.331. The smallest absolute Gasteiger partial charge is 0.243 e. The van der Waals surface area contributed by atoms with E-state index in [4.69, 9.17) is 5.73 Å². The maximum atomic E-state index is 12.5. The van der Waals surface area contributed by atoms with Crippen molar-refractivity contribution in [2.24, 2.45) is 10.7 Å². The molecule has 1 saturated heterocycles. The lowest BCUT2D eigenvalue weighted by Gasteiger charge is -2.15. The number of aryl methyl sites for hydroxylation is 1. The number of nitrogens with one attached hydrogen (secondary N) is 1. The molecule has 0 atom stereocenters. The zero-order valence-electron chi connectivity index (χ0n) is 15.6. The first-order valence-electron chi connectivity index (χ1n) is 9.24. The van der Waals surface area contributed by atoms with Crippen LogP contribution in [0.15, 0.2) is 58.4 Å². The van der Waals surface area contributed by atoms with Crippen molar-refractivity contribution >= 4 is 21.7 Å². The number of benzene rings is 2. The second-order valence-electron chi connectivity index (χ2n) is 6.64. The number of rotatable bonds is 6. The fourth-order valence-corrected chi connectivity index (χ4v) is 4.59. The first-order chi connectivity index (χ1) is 13.0. The minimum Gasteiger partial charge on any atom is -0.370 e. The van der Waals surface area contributed by atoms with Crippen molar-refractivity contribution < 1.29 is 8.42 Å². The molecule has 2 aromatic rings. The van der Waals surface area contributed by atoms with Gasteiger partial charge in [-0.25, -0.2) is 13.4 Å². The monoisotopic (exact) mass is 386 g/mol. The molecule has 1 fully saturated rings. The van der Waals surface area contributed by atoms with Gasteiger partial charge in [0.1, 0.15) is 0 Å². The predicted molar refractivity (Wildman–Crippen MR) is 109 cm³/mol. The molecule has 144 valence electrons. The number of anilines is 1. The van der Waals surface area contributed by atoms with Gasteiger partial charge in [0, 0.05) is 18.8 Å². The predicted octanol–water partition coefficient (Wildman–Crippen LogP) is 2.96. The Morgan fingerprint density at radius 2 is 1.81 bits per heavy atom. The molecule has 0 bridgehead atoms. The Kier molecular flexibility index (Phi) is 6.13. The molecule has 27 heavy (non-hydrogen) atoms. The van der Waals surface area contributed by atoms with Crippen molar-refractivity contribution in [3.8, 4) is 0 Å². The van der Waals surface area contributed by atoms with Crippen molar-refractivity contribution in [2.75, 3.05) is 18.4 Å². The fourth-order valence-electron chi connectivity index (χ4n) is 3.08. The average molecular weight is 387 g/mol. The van der Waals surface area contributed by atoms with Crippen LogP contribution in [0, 0.1) is 0 Å². The van der Waals surface area contributed by atoms with E-state index in [1.807, 2.05) is 18.2 Å². The van der Waals surface area contributed by atoms with E-state index in [1.165, 1.54) is 5.56 Å². The molecule has 0 saturated carbocycles. The molecule has 0 aliphatic carbocycles. The molecule has 7 heteroatoms. The first kappa shape index (κ1) is 19.4. The van der Waals surface area contributed by atoms with Crippen molar-refractivity contribution in [1.82, 2.24) is 4.31 Å². The minimum absolute atomic E-state index is 0.331. The van der Waals surface area contributed by atoms with Crippen LogP contribution in [-0.4, -0.2) is 31.8 Å². The SMILES string of the molecule is CCc1cccc(NC(N)=NCc2ccc(S(=O)(=O)N3CCCC3)cc2)c1. The van der Waals surface area contributed by atoms with Crippen molar-refractivity contribution in [1.29, 1.82) is 0 Å². The Bertz CT molecular complexity index is 902. The van der Waals surface area contributed by atoms with Gasteiger partial charge in [0.15, 0.2) is 5.96 Å². The lowest BCUT2D eigenvalue weighted by molar-refractivity contribution is 0.477. The Hall–Kier alpha value is -2.38. The summed E-state index contributed by atoms with van der Waals surface area (Å²) in [5.41, 5.74) is 9.00. The summed E-state index contributed by atoms with van der Waals surface area (Å²) in [6.45, 7) is 3.70. The Morgan fingerprint density at radius 3 is 2.48 bits per heavy atom. The molecule has 3 rings (SSSR count). The molecule has 0 amide bonds. The molecular weight excluding hydrogens is 360 g/mol. The summed E-state index contributed by atoms with van der Waals surface area (Å²) in [6.07, 6.45) is 2.82.